The number of phenolic OH excluding ortho intramolecular Hbond substituents is 1. The molecule has 0 fully saturated rings. The number of nitrogens with zero attached hydrogens (tertiary/aromatic N) is 2. The molecule has 1 heterocycles. The van der Waals surface area contributed by atoms with Gasteiger partial charge in [0.2, 0.25) is 0 Å². The van der Waals surface area contributed by atoms with Crippen LogP contribution in [0.15, 0.2) is 67.0 Å². The van der Waals surface area contributed by atoms with Crippen molar-refractivity contribution in [3.8, 4) is 22.6 Å². The summed E-state index contributed by atoms with van der Waals surface area (Å²) < 4.78 is 1.84. The van der Waals surface area contributed by atoms with Crippen LogP contribution in [0.25, 0.3) is 16.8 Å². The van der Waals surface area contributed by atoms with Crippen molar-refractivity contribution in [3.63, 3.8) is 0 Å². The van der Waals surface area contributed by atoms with E-state index >= 15 is 0 Å². The summed E-state index contributed by atoms with van der Waals surface area (Å²) in [6.07, 6.45) is 3.79. The summed E-state index contributed by atoms with van der Waals surface area (Å²) in [5.41, 5.74) is 3.09. The number of benzene rings is 2. The van der Waals surface area contributed by atoms with Crippen molar-refractivity contribution in [1.29, 1.82) is 0 Å². The summed E-state index contributed by atoms with van der Waals surface area (Å²) in [7, 11) is 0. The molecule has 0 aliphatic carbocycles. The van der Waals surface area contributed by atoms with E-state index in [0.29, 0.717) is 0 Å². The second kappa shape index (κ2) is 4.37. The smallest absolute Gasteiger partial charge is 0.115 e. The topological polar surface area (TPSA) is 38.1 Å². The summed E-state index contributed by atoms with van der Waals surface area (Å²) in [5.74, 6) is 0.272. The van der Waals surface area contributed by atoms with Crippen LogP contribution in [0.2, 0.25) is 0 Å². The fourth-order valence-electron chi connectivity index (χ4n) is 1.85. The van der Waals surface area contributed by atoms with Gasteiger partial charge in [-0.15, -0.1) is 0 Å². The molecule has 0 bridgehead atoms. The Bertz CT molecular complexity index is 642. The molecule has 88 valence electrons. The zero-order valence-electron chi connectivity index (χ0n) is 9.69. The minimum atomic E-state index is 0.272. The number of para-hydroxylation sites is 1. The molecule has 0 aliphatic heterocycles. The van der Waals surface area contributed by atoms with Crippen LogP contribution in [0, 0.1) is 0 Å². The van der Waals surface area contributed by atoms with Crippen molar-refractivity contribution < 1.29 is 5.11 Å². The Kier molecular flexibility index (Phi) is 2.57. The predicted molar refractivity (Wildman–Crippen MR) is 70.7 cm³/mol. The molecule has 0 aliphatic rings. The van der Waals surface area contributed by atoms with E-state index in [1.54, 1.807) is 12.1 Å². The molecule has 2 aromatic carbocycles. The van der Waals surface area contributed by atoms with E-state index in [4.69, 9.17) is 0 Å². The van der Waals surface area contributed by atoms with Gasteiger partial charge in [0.25, 0.3) is 0 Å². The van der Waals surface area contributed by atoms with Crippen molar-refractivity contribution in [3.05, 3.63) is 67.0 Å². The van der Waals surface area contributed by atoms with Crippen LogP contribution in [-0.4, -0.2) is 14.9 Å². The zero-order chi connectivity index (χ0) is 12.4. The molecule has 0 saturated heterocycles. The van der Waals surface area contributed by atoms with Crippen molar-refractivity contribution in [2.24, 2.45) is 0 Å². The molecule has 0 amide bonds. The first-order valence-corrected chi connectivity index (χ1v) is 5.72. The van der Waals surface area contributed by atoms with Gasteiger partial charge in [-0.05, 0) is 29.8 Å². The van der Waals surface area contributed by atoms with E-state index < -0.39 is 0 Å². The van der Waals surface area contributed by atoms with Crippen LogP contribution in [0.3, 0.4) is 0 Å². The molecule has 1 N–H and O–H groups in total. The van der Waals surface area contributed by atoms with Gasteiger partial charge in [0.05, 0.1) is 11.9 Å². The highest BCUT2D eigenvalue weighted by molar-refractivity contribution is 5.63. The molecule has 0 atom stereocenters. The zero-order valence-corrected chi connectivity index (χ0v) is 9.69. The molecule has 3 rings (SSSR count). The van der Waals surface area contributed by atoms with Crippen LogP contribution in [0.5, 0.6) is 5.75 Å². The number of hydrogen-bond donors (Lipinski definition) is 1. The Morgan fingerprint density at radius 3 is 2.28 bits per heavy atom. The van der Waals surface area contributed by atoms with Crippen LogP contribution >= 0.6 is 0 Å². The molecule has 3 heteroatoms. The number of rotatable bonds is 2. The van der Waals surface area contributed by atoms with Gasteiger partial charge in [0, 0.05) is 11.8 Å². The standard InChI is InChI=1S/C15H12N2O/c18-15-8-6-12(7-9-15)13-10-16-17(11-13)14-4-2-1-3-5-14/h1-11,18H. The Labute approximate surface area is 105 Å². The number of hydrogen-bond acceptors (Lipinski definition) is 2. The number of phenols is 1. The molecule has 3 aromatic rings. The highest BCUT2D eigenvalue weighted by Gasteiger charge is 2.02. The van der Waals surface area contributed by atoms with E-state index in [2.05, 4.69) is 5.10 Å². The number of aromatic nitrogens is 2. The fraction of sp³-hybridized carbons (Fsp3) is 0. The van der Waals surface area contributed by atoms with Gasteiger partial charge in [-0.2, -0.15) is 5.10 Å². The third-order valence-corrected chi connectivity index (χ3v) is 2.80. The SMILES string of the molecule is Oc1ccc(-c2cnn(-c3ccccc3)c2)cc1. The van der Waals surface area contributed by atoms with Crippen LogP contribution < -0.4 is 0 Å². The second-order valence-corrected chi connectivity index (χ2v) is 4.06. The van der Waals surface area contributed by atoms with Gasteiger partial charge in [-0.25, -0.2) is 4.68 Å². The predicted octanol–water partition coefficient (Wildman–Crippen LogP) is 3.24. The van der Waals surface area contributed by atoms with Crippen molar-refractivity contribution >= 4 is 0 Å². The van der Waals surface area contributed by atoms with Crippen LogP contribution in [0.4, 0.5) is 0 Å². The maximum Gasteiger partial charge on any atom is 0.115 e. The third kappa shape index (κ3) is 1.98. The third-order valence-electron chi connectivity index (χ3n) is 2.80. The Balaban J connectivity index is 1.97. The van der Waals surface area contributed by atoms with E-state index in [0.717, 1.165) is 16.8 Å². The van der Waals surface area contributed by atoms with Crippen LogP contribution in [-0.2, 0) is 0 Å². The molecule has 3 nitrogen and oxygen atoms in total. The average Bonchev–Trinajstić information content (AvgIpc) is 2.90. The molecule has 0 saturated carbocycles. The van der Waals surface area contributed by atoms with Gasteiger partial charge in [0.15, 0.2) is 0 Å². The van der Waals surface area contributed by atoms with E-state index in [1.807, 2.05) is 59.5 Å². The summed E-state index contributed by atoms with van der Waals surface area (Å²) in [5, 5.41) is 13.6. The Morgan fingerprint density at radius 1 is 0.833 bits per heavy atom. The molecule has 0 unspecified atom stereocenters. The lowest BCUT2D eigenvalue weighted by molar-refractivity contribution is 0.475. The van der Waals surface area contributed by atoms with Crippen molar-refractivity contribution in [2.75, 3.05) is 0 Å². The molecule has 0 radical (unpaired) electrons. The molecule has 1 aromatic heterocycles. The second-order valence-electron chi connectivity index (χ2n) is 4.06. The first-order chi connectivity index (χ1) is 8.83. The van der Waals surface area contributed by atoms with Gasteiger partial charge in [0.1, 0.15) is 5.75 Å². The van der Waals surface area contributed by atoms with Crippen molar-refractivity contribution in [2.45, 2.75) is 0 Å². The lowest BCUT2D eigenvalue weighted by Gasteiger charge is -1.99. The first kappa shape index (κ1) is 10.6. The quantitative estimate of drug-likeness (QED) is 0.741. The van der Waals surface area contributed by atoms with E-state index in [1.165, 1.54) is 0 Å². The Morgan fingerprint density at radius 2 is 1.56 bits per heavy atom. The maximum absolute atomic E-state index is 9.27. The summed E-state index contributed by atoms with van der Waals surface area (Å²) in [6.45, 7) is 0. The monoisotopic (exact) mass is 236 g/mol. The molecular weight excluding hydrogens is 224 g/mol. The number of aromatic hydroxyl groups is 1. The maximum atomic E-state index is 9.27. The van der Waals surface area contributed by atoms with Crippen molar-refractivity contribution in [1.82, 2.24) is 9.78 Å². The first-order valence-electron chi connectivity index (χ1n) is 5.72. The minimum Gasteiger partial charge on any atom is -0.508 e. The Hall–Kier alpha value is -2.55. The minimum absolute atomic E-state index is 0.272. The average molecular weight is 236 g/mol. The van der Waals surface area contributed by atoms with Gasteiger partial charge < -0.3 is 5.11 Å². The highest BCUT2D eigenvalue weighted by atomic mass is 16.3. The fourth-order valence-corrected chi connectivity index (χ4v) is 1.85. The van der Waals surface area contributed by atoms with Crippen LogP contribution in [0.1, 0.15) is 0 Å². The molecular formula is C15H12N2O. The lowest BCUT2D eigenvalue weighted by atomic mass is 10.1. The van der Waals surface area contributed by atoms with Gasteiger partial charge in [-0.1, -0.05) is 30.3 Å². The summed E-state index contributed by atoms with van der Waals surface area (Å²) in [4.78, 5) is 0. The summed E-state index contributed by atoms with van der Waals surface area (Å²) >= 11 is 0. The van der Waals surface area contributed by atoms with Gasteiger partial charge >= 0.3 is 0 Å². The largest absolute Gasteiger partial charge is 0.508 e. The highest BCUT2D eigenvalue weighted by Crippen LogP contribution is 2.22. The molecule has 18 heavy (non-hydrogen) atoms. The van der Waals surface area contributed by atoms with Gasteiger partial charge in [-0.3, -0.25) is 0 Å². The summed E-state index contributed by atoms with van der Waals surface area (Å²) in [6, 6.07) is 17.1. The molecule has 0 spiro atoms. The van der Waals surface area contributed by atoms with E-state index in [9.17, 15) is 5.11 Å². The van der Waals surface area contributed by atoms with E-state index in [-0.39, 0.29) is 5.75 Å². The normalized spacial score (nSPS) is 10.4. The lowest BCUT2D eigenvalue weighted by Crippen LogP contribution is -1.92.